The Hall–Kier alpha value is -5.16. The van der Waals surface area contributed by atoms with Crippen molar-refractivity contribution in [2.24, 2.45) is 5.10 Å². The number of carbonyl (C=O) groups is 2. The van der Waals surface area contributed by atoms with Crippen molar-refractivity contribution in [3.63, 3.8) is 0 Å². The molecule has 0 atom stereocenters. The summed E-state index contributed by atoms with van der Waals surface area (Å²) in [5.74, 6) is 0.0465. The molecule has 4 aromatic carbocycles. The molecule has 43 heavy (non-hydrogen) atoms. The van der Waals surface area contributed by atoms with Crippen LogP contribution in [0.2, 0.25) is 0 Å². The minimum atomic E-state index is -4.03. The largest absolute Gasteiger partial charge is 0.495 e. The van der Waals surface area contributed by atoms with Gasteiger partial charge in [0.15, 0.2) is 6.61 Å². The SMILES string of the molecule is COc1ccccc1NC(=O)COc1ccc(/C=N\NC(=O)CN(c2cccc(C)c2)S(=O)(=O)c2ccc(C)cc2)cc1. The number of carbonyl (C=O) groups excluding carboxylic acids is 2. The quantitative estimate of drug-likeness (QED) is 0.180. The number of aryl methyl sites for hydroxylation is 2. The number of methoxy groups -OCH3 is 1. The van der Waals surface area contributed by atoms with Gasteiger partial charge in [-0.05, 0) is 85.6 Å². The molecular weight excluding hydrogens is 568 g/mol. The van der Waals surface area contributed by atoms with E-state index in [1.807, 2.05) is 19.9 Å². The maximum Gasteiger partial charge on any atom is 0.264 e. The van der Waals surface area contributed by atoms with Gasteiger partial charge < -0.3 is 14.8 Å². The maximum absolute atomic E-state index is 13.5. The Balaban J connectivity index is 1.35. The lowest BCUT2D eigenvalue weighted by atomic mass is 10.2. The predicted octanol–water partition coefficient (Wildman–Crippen LogP) is 4.68. The zero-order valence-corrected chi connectivity index (χ0v) is 24.8. The summed E-state index contributed by atoms with van der Waals surface area (Å²) >= 11 is 0. The van der Waals surface area contributed by atoms with Crippen LogP contribution in [-0.2, 0) is 19.6 Å². The van der Waals surface area contributed by atoms with Crippen LogP contribution in [0, 0.1) is 13.8 Å². The molecule has 4 rings (SSSR count). The van der Waals surface area contributed by atoms with Crippen LogP contribution in [0.5, 0.6) is 11.5 Å². The summed E-state index contributed by atoms with van der Waals surface area (Å²) in [6.07, 6.45) is 1.42. The molecular formula is C32H32N4O6S. The van der Waals surface area contributed by atoms with Crippen LogP contribution < -0.4 is 24.5 Å². The summed E-state index contributed by atoms with van der Waals surface area (Å²) < 4.78 is 38.8. The van der Waals surface area contributed by atoms with Gasteiger partial charge in [0, 0.05) is 0 Å². The molecule has 0 aliphatic carbocycles. The average molecular weight is 601 g/mol. The summed E-state index contributed by atoms with van der Waals surface area (Å²) in [4.78, 5) is 25.2. The molecule has 0 heterocycles. The van der Waals surface area contributed by atoms with Gasteiger partial charge in [0.1, 0.15) is 18.0 Å². The van der Waals surface area contributed by atoms with Crippen LogP contribution in [0.3, 0.4) is 0 Å². The minimum absolute atomic E-state index is 0.0792. The third kappa shape index (κ3) is 8.43. The number of sulfonamides is 1. The molecule has 0 saturated heterocycles. The molecule has 0 radical (unpaired) electrons. The molecule has 10 nitrogen and oxygen atoms in total. The minimum Gasteiger partial charge on any atom is -0.495 e. The van der Waals surface area contributed by atoms with E-state index in [2.05, 4.69) is 15.8 Å². The Labute approximate surface area is 251 Å². The van der Waals surface area contributed by atoms with Gasteiger partial charge in [-0.3, -0.25) is 13.9 Å². The van der Waals surface area contributed by atoms with Gasteiger partial charge in [0.2, 0.25) is 0 Å². The number of ether oxygens (including phenoxy) is 2. The normalized spacial score (nSPS) is 11.1. The van der Waals surface area contributed by atoms with Gasteiger partial charge in [0.05, 0.1) is 29.6 Å². The van der Waals surface area contributed by atoms with Gasteiger partial charge in [0.25, 0.3) is 21.8 Å². The van der Waals surface area contributed by atoms with Crippen molar-refractivity contribution in [2.45, 2.75) is 18.7 Å². The molecule has 0 spiro atoms. The van der Waals surface area contributed by atoms with Crippen LogP contribution >= 0.6 is 0 Å². The smallest absolute Gasteiger partial charge is 0.264 e. The van der Waals surface area contributed by atoms with Gasteiger partial charge in [-0.15, -0.1) is 0 Å². The van der Waals surface area contributed by atoms with E-state index in [-0.39, 0.29) is 17.4 Å². The van der Waals surface area contributed by atoms with Crippen molar-refractivity contribution in [2.75, 3.05) is 29.9 Å². The molecule has 0 fully saturated rings. The zero-order valence-electron chi connectivity index (χ0n) is 24.0. The summed E-state index contributed by atoms with van der Waals surface area (Å²) in [7, 11) is -2.50. The van der Waals surface area contributed by atoms with Gasteiger partial charge >= 0.3 is 0 Å². The van der Waals surface area contributed by atoms with E-state index in [0.29, 0.717) is 28.4 Å². The molecule has 4 aromatic rings. The highest BCUT2D eigenvalue weighted by atomic mass is 32.2. The Morgan fingerprint density at radius 1 is 0.860 bits per heavy atom. The van der Waals surface area contributed by atoms with Crippen molar-refractivity contribution < 1.29 is 27.5 Å². The maximum atomic E-state index is 13.5. The van der Waals surface area contributed by atoms with Crippen molar-refractivity contribution in [3.05, 3.63) is 114 Å². The van der Waals surface area contributed by atoms with E-state index < -0.39 is 22.5 Å². The first-order valence-electron chi connectivity index (χ1n) is 13.3. The molecule has 0 unspecified atom stereocenters. The monoisotopic (exact) mass is 600 g/mol. The summed E-state index contributed by atoms with van der Waals surface area (Å²) in [6.45, 7) is 3.03. The molecule has 0 bridgehead atoms. The number of hydrazone groups is 1. The molecule has 222 valence electrons. The van der Waals surface area contributed by atoms with Crippen LogP contribution in [0.4, 0.5) is 11.4 Å². The second kappa shape index (κ2) is 14.1. The number of nitrogens with zero attached hydrogens (tertiary/aromatic N) is 2. The number of hydrogen-bond acceptors (Lipinski definition) is 7. The molecule has 0 aromatic heterocycles. The van der Waals surface area contributed by atoms with E-state index in [4.69, 9.17) is 9.47 Å². The fourth-order valence-corrected chi connectivity index (χ4v) is 5.43. The fraction of sp³-hybridized carbons (Fsp3) is 0.156. The summed E-state index contributed by atoms with van der Waals surface area (Å²) in [5, 5.41) is 6.71. The second-order valence-electron chi connectivity index (χ2n) is 9.56. The molecule has 0 aliphatic heterocycles. The number of benzene rings is 4. The third-order valence-corrected chi connectivity index (χ3v) is 8.01. The first-order chi connectivity index (χ1) is 20.7. The van der Waals surface area contributed by atoms with Crippen LogP contribution in [-0.4, -0.2) is 46.7 Å². The number of nitrogens with one attached hydrogen (secondary N) is 2. The van der Waals surface area contributed by atoms with E-state index >= 15 is 0 Å². The lowest BCUT2D eigenvalue weighted by molar-refractivity contribution is -0.119. The first kappa shape index (κ1) is 30.8. The topological polar surface area (TPSA) is 126 Å². The van der Waals surface area contributed by atoms with E-state index in [0.717, 1.165) is 15.4 Å². The van der Waals surface area contributed by atoms with Gasteiger partial charge in [-0.1, -0.05) is 42.0 Å². The van der Waals surface area contributed by atoms with Crippen LogP contribution in [0.15, 0.2) is 107 Å². The first-order valence-corrected chi connectivity index (χ1v) is 14.7. The van der Waals surface area contributed by atoms with Crippen molar-refractivity contribution in [3.8, 4) is 11.5 Å². The van der Waals surface area contributed by atoms with Crippen molar-refractivity contribution in [1.29, 1.82) is 0 Å². The van der Waals surface area contributed by atoms with E-state index in [1.165, 1.54) is 25.5 Å². The molecule has 0 aliphatic rings. The Morgan fingerprint density at radius 3 is 2.28 bits per heavy atom. The number of amides is 2. The lowest BCUT2D eigenvalue weighted by Gasteiger charge is -2.24. The van der Waals surface area contributed by atoms with Gasteiger partial charge in [-0.25, -0.2) is 13.8 Å². The highest BCUT2D eigenvalue weighted by Crippen LogP contribution is 2.25. The second-order valence-corrected chi connectivity index (χ2v) is 11.4. The lowest BCUT2D eigenvalue weighted by Crippen LogP contribution is -2.39. The van der Waals surface area contributed by atoms with E-state index in [1.54, 1.807) is 78.9 Å². The highest BCUT2D eigenvalue weighted by Gasteiger charge is 2.27. The fourth-order valence-electron chi connectivity index (χ4n) is 4.01. The molecule has 11 heteroatoms. The zero-order chi connectivity index (χ0) is 30.8. The predicted molar refractivity (Wildman–Crippen MR) is 166 cm³/mol. The van der Waals surface area contributed by atoms with Crippen molar-refractivity contribution >= 4 is 39.4 Å². The number of anilines is 2. The summed E-state index contributed by atoms with van der Waals surface area (Å²) in [5.41, 5.74) is 5.72. The Bertz CT molecular complexity index is 1700. The van der Waals surface area contributed by atoms with Crippen LogP contribution in [0.25, 0.3) is 0 Å². The third-order valence-electron chi connectivity index (χ3n) is 6.22. The number of hydrogen-bond donors (Lipinski definition) is 2. The van der Waals surface area contributed by atoms with Gasteiger partial charge in [-0.2, -0.15) is 5.10 Å². The number of para-hydroxylation sites is 2. The molecule has 2 N–H and O–H groups in total. The molecule has 2 amide bonds. The molecule has 0 saturated carbocycles. The Morgan fingerprint density at radius 2 is 1.58 bits per heavy atom. The standard InChI is InChI=1S/C32H32N4O6S/c1-23-11-17-28(18-12-23)43(39,40)36(26-8-6-7-24(2)19-26)21-31(37)35-33-20-25-13-15-27(16-14-25)42-22-32(38)34-29-9-4-5-10-30(29)41-3/h4-20H,21-22H2,1-3H3,(H,34,38)(H,35,37)/b33-20-. The summed E-state index contributed by atoms with van der Waals surface area (Å²) in [6, 6.07) is 27.2. The number of rotatable bonds is 12. The van der Waals surface area contributed by atoms with Crippen LogP contribution in [0.1, 0.15) is 16.7 Å². The van der Waals surface area contributed by atoms with E-state index in [9.17, 15) is 18.0 Å². The average Bonchev–Trinajstić information content (AvgIpc) is 3.00. The van der Waals surface area contributed by atoms with Crippen molar-refractivity contribution in [1.82, 2.24) is 5.43 Å². The highest BCUT2D eigenvalue weighted by molar-refractivity contribution is 7.92. The Kier molecular flexibility index (Phi) is 10.1.